The normalized spacial score (nSPS) is 20.6. The first-order chi connectivity index (χ1) is 9.72. The van der Waals surface area contributed by atoms with Gasteiger partial charge in [-0.05, 0) is 36.5 Å². The van der Waals surface area contributed by atoms with E-state index >= 15 is 0 Å². The van der Waals surface area contributed by atoms with Crippen LogP contribution in [0.3, 0.4) is 0 Å². The zero-order valence-corrected chi connectivity index (χ0v) is 12.7. The third-order valence-corrected chi connectivity index (χ3v) is 5.91. The fraction of sp³-hybridized carbons (Fsp3) is 0.562. The van der Waals surface area contributed by atoms with Gasteiger partial charge < -0.3 is 10.1 Å². The van der Waals surface area contributed by atoms with Crippen LogP contribution in [0, 0.1) is 5.41 Å². The van der Waals surface area contributed by atoms with Gasteiger partial charge in [0.05, 0.1) is 12.7 Å². The van der Waals surface area contributed by atoms with E-state index in [0.29, 0.717) is 11.0 Å². The molecule has 0 atom stereocenters. The molecule has 1 spiro atoms. The third kappa shape index (κ3) is 2.66. The molecule has 2 aliphatic rings. The Balaban J connectivity index is 1.81. The minimum Gasteiger partial charge on any atom is -0.465 e. The molecule has 0 aromatic heterocycles. The molecule has 0 radical (unpaired) electrons. The van der Waals surface area contributed by atoms with Gasteiger partial charge in [0, 0.05) is 22.9 Å². The van der Waals surface area contributed by atoms with E-state index < -0.39 is 0 Å². The minimum absolute atomic E-state index is 0.259. The Labute approximate surface area is 124 Å². The number of hydrogen-bond donors (Lipinski definition) is 1. The maximum atomic E-state index is 11.6. The highest BCUT2D eigenvalue weighted by atomic mass is 32.2. The van der Waals surface area contributed by atoms with Crippen LogP contribution in [0.15, 0.2) is 23.1 Å². The fourth-order valence-corrected chi connectivity index (χ4v) is 4.58. The molecule has 0 saturated heterocycles. The summed E-state index contributed by atoms with van der Waals surface area (Å²) in [5.41, 5.74) is 2.23. The number of thioether (sulfide) groups is 1. The molecule has 0 amide bonds. The lowest BCUT2D eigenvalue weighted by Crippen LogP contribution is -2.33. The molecule has 3 rings (SSSR count). The number of methoxy groups -OCH3 is 1. The summed E-state index contributed by atoms with van der Waals surface area (Å²) < 4.78 is 4.80. The second-order valence-corrected chi connectivity index (χ2v) is 6.92. The molecule has 1 aromatic rings. The maximum absolute atomic E-state index is 11.6. The van der Waals surface area contributed by atoms with Crippen molar-refractivity contribution in [2.24, 2.45) is 5.41 Å². The molecular weight excluding hydrogens is 270 g/mol. The summed E-state index contributed by atoms with van der Waals surface area (Å²) in [5.74, 6) is 0.891. The Kier molecular flexibility index (Phi) is 3.92. The van der Waals surface area contributed by atoms with Crippen molar-refractivity contribution in [1.29, 1.82) is 0 Å². The van der Waals surface area contributed by atoms with Gasteiger partial charge in [-0.15, -0.1) is 11.8 Å². The smallest absolute Gasteiger partial charge is 0.337 e. The molecule has 1 heterocycles. The van der Waals surface area contributed by atoms with Crippen LogP contribution < -0.4 is 5.32 Å². The summed E-state index contributed by atoms with van der Waals surface area (Å²) in [6, 6.07) is 5.81. The molecule has 0 unspecified atom stereocenters. The molecule has 4 heteroatoms. The van der Waals surface area contributed by atoms with Gasteiger partial charge in [-0.1, -0.05) is 19.3 Å². The molecule has 0 bridgehead atoms. The number of nitrogens with one attached hydrogen (secondary N) is 1. The summed E-state index contributed by atoms with van der Waals surface area (Å²) in [6.07, 6.45) is 6.74. The SMILES string of the molecule is COC(=O)c1ccc2c(c1)SCC1(CCCCC1)CN2. The van der Waals surface area contributed by atoms with Crippen LogP contribution in [-0.4, -0.2) is 25.4 Å². The molecule has 1 fully saturated rings. The molecule has 1 aliphatic heterocycles. The Bertz CT molecular complexity index is 509. The largest absolute Gasteiger partial charge is 0.465 e. The maximum Gasteiger partial charge on any atom is 0.337 e. The second kappa shape index (κ2) is 5.68. The average Bonchev–Trinajstić information content (AvgIpc) is 2.67. The van der Waals surface area contributed by atoms with Crippen molar-refractivity contribution < 1.29 is 9.53 Å². The number of esters is 1. The highest BCUT2D eigenvalue weighted by molar-refractivity contribution is 7.99. The van der Waals surface area contributed by atoms with E-state index in [-0.39, 0.29) is 5.97 Å². The molecule has 1 aromatic carbocycles. The van der Waals surface area contributed by atoms with Crippen LogP contribution in [0.1, 0.15) is 42.5 Å². The van der Waals surface area contributed by atoms with Gasteiger partial charge in [-0.2, -0.15) is 0 Å². The Morgan fingerprint density at radius 1 is 1.30 bits per heavy atom. The third-order valence-electron chi connectivity index (χ3n) is 4.50. The Morgan fingerprint density at radius 3 is 2.85 bits per heavy atom. The molecular formula is C16H21NO2S. The Morgan fingerprint density at radius 2 is 2.10 bits per heavy atom. The van der Waals surface area contributed by atoms with Gasteiger partial charge in [-0.25, -0.2) is 4.79 Å². The highest BCUT2D eigenvalue weighted by Gasteiger charge is 2.34. The van der Waals surface area contributed by atoms with Crippen LogP contribution in [0.5, 0.6) is 0 Å². The number of fused-ring (bicyclic) bond motifs is 1. The van der Waals surface area contributed by atoms with Gasteiger partial charge in [-0.3, -0.25) is 0 Å². The molecule has 1 N–H and O–H groups in total. The topological polar surface area (TPSA) is 38.3 Å². The summed E-state index contributed by atoms with van der Waals surface area (Å²) in [6.45, 7) is 1.06. The number of hydrogen-bond acceptors (Lipinski definition) is 4. The lowest BCUT2D eigenvalue weighted by molar-refractivity contribution is 0.0600. The summed E-state index contributed by atoms with van der Waals surface area (Å²) in [5, 5.41) is 3.60. The predicted molar refractivity (Wildman–Crippen MR) is 82.5 cm³/mol. The first kappa shape index (κ1) is 13.8. The van der Waals surface area contributed by atoms with E-state index in [2.05, 4.69) is 5.32 Å². The van der Waals surface area contributed by atoms with Gasteiger partial charge in [0.15, 0.2) is 0 Å². The van der Waals surface area contributed by atoms with Crippen LogP contribution in [0.4, 0.5) is 5.69 Å². The van der Waals surface area contributed by atoms with E-state index in [1.807, 2.05) is 30.0 Å². The zero-order chi connectivity index (χ0) is 14.0. The number of carbonyl (C=O) groups is 1. The van der Waals surface area contributed by atoms with Crippen molar-refractivity contribution in [1.82, 2.24) is 0 Å². The van der Waals surface area contributed by atoms with E-state index in [0.717, 1.165) is 18.0 Å². The molecule has 108 valence electrons. The average molecular weight is 291 g/mol. The van der Waals surface area contributed by atoms with Crippen molar-refractivity contribution in [3.63, 3.8) is 0 Å². The lowest BCUT2D eigenvalue weighted by Gasteiger charge is -2.35. The quantitative estimate of drug-likeness (QED) is 0.795. The highest BCUT2D eigenvalue weighted by Crippen LogP contribution is 2.44. The number of rotatable bonds is 1. The first-order valence-corrected chi connectivity index (χ1v) is 8.30. The molecule has 3 nitrogen and oxygen atoms in total. The molecule has 1 aliphatic carbocycles. The van der Waals surface area contributed by atoms with E-state index in [1.165, 1.54) is 44.1 Å². The summed E-state index contributed by atoms with van der Waals surface area (Å²) in [7, 11) is 1.43. The van der Waals surface area contributed by atoms with Crippen molar-refractivity contribution in [2.75, 3.05) is 24.7 Å². The summed E-state index contributed by atoms with van der Waals surface area (Å²) >= 11 is 1.89. The molecule has 1 saturated carbocycles. The van der Waals surface area contributed by atoms with Crippen molar-refractivity contribution in [2.45, 2.75) is 37.0 Å². The van der Waals surface area contributed by atoms with Gasteiger partial charge in [0.2, 0.25) is 0 Å². The Hall–Kier alpha value is -1.16. The lowest BCUT2D eigenvalue weighted by atomic mass is 9.75. The number of carbonyl (C=O) groups excluding carboxylic acids is 1. The monoisotopic (exact) mass is 291 g/mol. The number of benzene rings is 1. The van der Waals surface area contributed by atoms with E-state index in [1.54, 1.807) is 0 Å². The van der Waals surface area contributed by atoms with E-state index in [9.17, 15) is 4.79 Å². The van der Waals surface area contributed by atoms with Crippen LogP contribution >= 0.6 is 11.8 Å². The summed E-state index contributed by atoms with van der Waals surface area (Å²) in [4.78, 5) is 12.8. The van der Waals surface area contributed by atoms with Gasteiger partial charge >= 0.3 is 5.97 Å². The van der Waals surface area contributed by atoms with Crippen LogP contribution in [-0.2, 0) is 4.74 Å². The number of anilines is 1. The molecule has 20 heavy (non-hydrogen) atoms. The van der Waals surface area contributed by atoms with Crippen LogP contribution in [0.2, 0.25) is 0 Å². The second-order valence-electron chi connectivity index (χ2n) is 5.91. The van der Waals surface area contributed by atoms with Gasteiger partial charge in [0.1, 0.15) is 0 Å². The van der Waals surface area contributed by atoms with Gasteiger partial charge in [0.25, 0.3) is 0 Å². The van der Waals surface area contributed by atoms with Crippen LogP contribution in [0.25, 0.3) is 0 Å². The van der Waals surface area contributed by atoms with Crippen molar-refractivity contribution in [3.05, 3.63) is 23.8 Å². The van der Waals surface area contributed by atoms with Crippen molar-refractivity contribution in [3.8, 4) is 0 Å². The standard InChI is InChI=1S/C16H21NO2S/c1-19-15(18)12-5-6-13-14(9-12)20-11-16(10-17-13)7-3-2-4-8-16/h5-6,9,17H,2-4,7-8,10-11H2,1H3. The first-order valence-electron chi connectivity index (χ1n) is 7.32. The van der Waals surface area contributed by atoms with E-state index in [4.69, 9.17) is 4.74 Å². The fourth-order valence-electron chi connectivity index (χ4n) is 3.22. The minimum atomic E-state index is -0.259. The zero-order valence-electron chi connectivity index (χ0n) is 11.9. The predicted octanol–water partition coefficient (Wildman–Crippen LogP) is 3.94. The van der Waals surface area contributed by atoms with Crippen molar-refractivity contribution >= 4 is 23.4 Å². The number of ether oxygens (including phenoxy) is 1.